The first-order valence-electron chi connectivity index (χ1n) is 7.46. The highest BCUT2D eigenvalue weighted by atomic mass is 19.1. The first-order valence-corrected chi connectivity index (χ1v) is 7.46. The van der Waals surface area contributed by atoms with Gasteiger partial charge in [0, 0.05) is 6.07 Å². The number of benzene rings is 1. The first-order chi connectivity index (χ1) is 10.4. The summed E-state index contributed by atoms with van der Waals surface area (Å²) in [7, 11) is 0. The van der Waals surface area contributed by atoms with Crippen LogP contribution in [-0.4, -0.2) is 35.0 Å². The molecule has 6 heteroatoms. The number of carbonyl (C=O) groups excluding carboxylic acids is 2. The molecule has 0 bridgehead atoms. The summed E-state index contributed by atoms with van der Waals surface area (Å²) < 4.78 is 18.7. The van der Waals surface area contributed by atoms with Gasteiger partial charge in [-0.3, -0.25) is 9.69 Å². The second-order valence-corrected chi connectivity index (χ2v) is 6.21. The van der Waals surface area contributed by atoms with Gasteiger partial charge in [0.15, 0.2) is 0 Å². The molecule has 0 aromatic heterocycles. The van der Waals surface area contributed by atoms with Crippen LogP contribution in [0.4, 0.5) is 9.18 Å². The Balaban J connectivity index is 1.65. The second-order valence-electron chi connectivity index (χ2n) is 6.21. The van der Waals surface area contributed by atoms with Crippen LogP contribution in [0.1, 0.15) is 26.7 Å². The molecule has 0 spiro atoms. The smallest absolute Gasteiger partial charge is 0.325 e. The third-order valence-corrected chi connectivity index (χ3v) is 4.27. The summed E-state index contributed by atoms with van der Waals surface area (Å²) in [6.45, 7) is 3.67. The quantitative estimate of drug-likeness (QED) is 0.849. The number of nitrogens with one attached hydrogen (secondary N) is 1. The minimum absolute atomic E-state index is 0.142. The number of amides is 3. The van der Waals surface area contributed by atoms with Crippen LogP contribution in [0.5, 0.6) is 5.75 Å². The Morgan fingerprint density at radius 2 is 2.18 bits per heavy atom. The van der Waals surface area contributed by atoms with Gasteiger partial charge in [0.1, 0.15) is 23.2 Å². The molecule has 2 aliphatic rings. The zero-order valence-electron chi connectivity index (χ0n) is 12.6. The average Bonchev–Trinajstić information content (AvgIpc) is 3.25. The fraction of sp³-hybridized carbons (Fsp3) is 0.500. The summed E-state index contributed by atoms with van der Waals surface area (Å²) in [6.07, 6.45) is 1.51. The Bertz CT molecular complexity index is 617. The third kappa shape index (κ3) is 2.65. The van der Waals surface area contributed by atoms with Gasteiger partial charge in [0.05, 0.1) is 6.54 Å². The van der Waals surface area contributed by atoms with Crippen LogP contribution in [-0.2, 0) is 4.79 Å². The Morgan fingerprint density at radius 3 is 2.82 bits per heavy atom. The van der Waals surface area contributed by atoms with Crippen LogP contribution in [0.3, 0.4) is 0 Å². The SMILES string of the molecule is C[C@@H](CN1C(=O)N[C@@](C)(C2CC2)C1=O)Oc1cccc(F)c1. The Morgan fingerprint density at radius 1 is 1.45 bits per heavy atom. The van der Waals surface area contributed by atoms with Crippen molar-refractivity contribution in [1.82, 2.24) is 10.2 Å². The van der Waals surface area contributed by atoms with Crippen molar-refractivity contribution in [3.8, 4) is 5.75 Å². The Labute approximate surface area is 128 Å². The summed E-state index contributed by atoms with van der Waals surface area (Å²) in [5.74, 6) is 0.0218. The molecule has 2 atom stereocenters. The van der Waals surface area contributed by atoms with Gasteiger partial charge in [-0.15, -0.1) is 0 Å². The van der Waals surface area contributed by atoms with E-state index in [-0.39, 0.29) is 30.2 Å². The van der Waals surface area contributed by atoms with E-state index in [1.165, 1.54) is 17.0 Å². The predicted octanol–water partition coefficient (Wildman–Crippen LogP) is 2.31. The lowest BCUT2D eigenvalue weighted by Gasteiger charge is -2.23. The number of nitrogens with zero attached hydrogens (tertiary/aromatic N) is 1. The summed E-state index contributed by atoms with van der Waals surface area (Å²) in [5.41, 5.74) is -0.782. The van der Waals surface area contributed by atoms with Gasteiger partial charge in [-0.1, -0.05) is 6.07 Å². The molecule has 5 nitrogen and oxygen atoms in total. The lowest BCUT2D eigenvalue weighted by molar-refractivity contribution is -0.132. The number of imide groups is 1. The topological polar surface area (TPSA) is 58.6 Å². The van der Waals surface area contributed by atoms with E-state index in [0.29, 0.717) is 5.75 Å². The van der Waals surface area contributed by atoms with Crippen LogP contribution in [0, 0.1) is 11.7 Å². The zero-order chi connectivity index (χ0) is 15.9. The van der Waals surface area contributed by atoms with Gasteiger partial charge in [-0.2, -0.15) is 0 Å². The molecule has 1 aromatic rings. The number of halogens is 1. The van der Waals surface area contributed by atoms with Crippen LogP contribution in [0.25, 0.3) is 0 Å². The lowest BCUT2D eigenvalue weighted by Crippen LogP contribution is -2.46. The first kappa shape index (κ1) is 14.8. The van der Waals surface area contributed by atoms with Crippen molar-refractivity contribution < 1.29 is 18.7 Å². The molecule has 2 fully saturated rings. The molecule has 1 aliphatic heterocycles. The van der Waals surface area contributed by atoms with Crippen molar-refractivity contribution in [3.05, 3.63) is 30.1 Å². The fourth-order valence-electron chi connectivity index (χ4n) is 2.89. The van der Waals surface area contributed by atoms with E-state index in [9.17, 15) is 14.0 Å². The average molecular weight is 306 g/mol. The molecule has 1 saturated heterocycles. The van der Waals surface area contributed by atoms with Crippen molar-refractivity contribution in [2.24, 2.45) is 5.92 Å². The van der Waals surface area contributed by atoms with Crippen molar-refractivity contribution in [2.45, 2.75) is 38.3 Å². The van der Waals surface area contributed by atoms with Gasteiger partial charge in [-0.05, 0) is 44.7 Å². The number of ether oxygens (including phenoxy) is 1. The maximum Gasteiger partial charge on any atom is 0.325 e. The molecule has 22 heavy (non-hydrogen) atoms. The fourth-order valence-corrected chi connectivity index (χ4v) is 2.89. The molecule has 0 unspecified atom stereocenters. The lowest BCUT2D eigenvalue weighted by atomic mass is 9.96. The maximum absolute atomic E-state index is 13.1. The number of hydrogen-bond donors (Lipinski definition) is 1. The normalized spacial score (nSPS) is 26.0. The van der Waals surface area contributed by atoms with E-state index < -0.39 is 11.6 Å². The van der Waals surface area contributed by atoms with Gasteiger partial charge >= 0.3 is 6.03 Å². The molecular weight excluding hydrogens is 287 g/mol. The molecule has 3 rings (SSSR count). The van der Waals surface area contributed by atoms with Crippen LogP contribution in [0.15, 0.2) is 24.3 Å². The monoisotopic (exact) mass is 306 g/mol. The summed E-state index contributed by atoms with van der Waals surface area (Å²) in [4.78, 5) is 25.7. The molecule has 118 valence electrons. The number of urea groups is 1. The highest BCUT2D eigenvalue weighted by Gasteiger charge is 2.56. The van der Waals surface area contributed by atoms with Gasteiger partial charge in [0.25, 0.3) is 5.91 Å². The van der Waals surface area contributed by atoms with Crippen molar-refractivity contribution >= 4 is 11.9 Å². The van der Waals surface area contributed by atoms with Gasteiger partial charge in [0.2, 0.25) is 0 Å². The highest BCUT2D eigenvalue weighted by Crippen LogP contribution is 2.42. The standard InChI is InChI=1S/C16H19FN2O3/c1-10(22-13-5-3-4-12(17)8-13)9-19-14(20)16(2,11-6-7-11)18-15(19)21/h3-5,8,10-11H,6-7,9H2,1-2H3,(H,18,21)/t10-,16-/m0/s1. The number of rotatable bonds is 5. The van der Waals surface area contributed by atoms with E-state index in [1.54, 1.807) is 26.0 Å². The van der Waals surface area contributed by atoms with Crippen LogP contribution >= 0.6 is 0 Å². The third-order valence-electron chi connectivity index (χ3n) is 4.27. The molecule has 3 amide bonds. The molecule has 1 N–H and O–H groups in total. The molecule has 1 aromatic carbocycles. The van der Waals surface area contributed by atoms with E-state index in [4.69, 9.17) is 4.74 Å². The summed E-state index contributed by atoms with van der Waals surface area (Å²) >= 11 is 0. The minimum atomic E-state index is -0.782. The molecule has 1 heterocycles. The molecule has 0 radical (unpaired) electrons. The van der Waals surface area contributed by atoms with Crippen LogP contribution < -0.4 is 10.1 Å². The van der Waals surface area contributed by atoms with E-state index in [2.05, 4.69) is 5.32 Å². The van der Waals surface area contributed by atoms with Crippen molar-refractivity contribution in [2.75, 3.05) is 6.54 Å². The summed E-state index contributed by atoms with van der Waals surface area (Å²) in [5, 5.41) is 2.79. The Hall–Kier alpha value is -2.11. The Kier molecular flexibility index (Phi) is 3.54. The number of carbonyl (C=O) groups is 2. The van der Waals surface area contributed by atoms with E-state index >= 15 is 0 Å². The molecular formula is C16H19FN2O3. The zero-order valence-corrected chi connectivity index (χ0v) is 12.6. The minimum Gasteiger partial charge on any atom is -0.489 e. The van der Waals surface area contributed by atoms with Crippen LogP contribution in [0.2, 0.25) is 0 Å². The van der Waals surface area contributed by atoms with Crippen molar-refractivity contribution in [1.29, 1.82) is 0 Å². The predicted molar refractivity (Wildman–Crippen MR) is 77.9 cm³/mol. The number of hydrogen-bond acceptors (Lipinski definition) is 3. The largest absolute Gasteiger partial charge is 0.489 e. The second kappa shape index (κ2) is 5.26. The van der Waals surface area contributed by atoms with Gasteiger partial charge in [-0.25, -0.2) is 9.18 Å². The van der Waals surface area contributed by atoms with E-state index in [1.807, 2.05) is 0 Å². The van der Waals surface area contributed by atoms with Crippen molar-refractivity contribution in [3.63, 3.8) is 0 Å². The summed E-state index contributed by atoms with van der Waals surface area (Å²) in [6, 6.07) is 5.41. The van der Waals surface area contributed by atoms with Gasteiger partial charge < -0.3 is 10.1 Å². The van der Waals surface area contributed by atoms with E-state index in [0.717, 1.165) is 12.8 Å². The molecule has 1 saturated carbocycles. The maximum atomic E-state index is 13.1. The highest BCUT2D eigenvalue weighted by molar-refractivity contribution is 6.07. The molecule has 1 aliphatic carbocycles.